The van der Waals surface area contributed by atoms with E-state index in [1.807, 2.05) is 0 Å². The number of carbonyl (C=O) groups excluding carboxylic acids is 1. The molecular formula is C16H23ClN2O2. The van der Waals surface area contributed by atoms with Crippen LogP contribution in [0, 0.1) is 0 Å². The minimum absolute atomic E-state index is 0.00796. The number of aromatic hydroxyl groups is 1. The summed E-state index contributed by atoms with van der Waals surface area (Å²) in [6.45, 7) is 1.65. The van der Waals surface area contributed by atoms with Crippen LogP contribution in [0.3, 0.4) is 0 Å². The molecule has 0 radical (unpaired) electrons. The summed E-state index contributed by atoms with van der Waals surface area (Å²) in [5.41, 5.74) is 0.474. The van der Waals surface area contributed by atoms with Gasteiger partial charge in [-0.2, -0.15) is 0 Å². The van der Waals surface area contributed by atoms with Crippen molar-refractivity contribution in [2.24, 2.45) is 0 Å². The number of nitrogens with zero attached hydrogens (tertiary/aromatic N) is 1. The highest BCUT2D eigenvalue weighted by molar-refractivity contribution is 6.32. The van der Waals surface area contributed by atoms with Gasteiger partial charge in [-0.05, 0) is 51.1 Å². The molecular weight excluding hydrogens is 288 g/mol. The third-order valence-electron chi connectivity index (χ3n) is 4.13. The van der Waals surface area contributed by atoms with Gasteiger partial charge >= 0.3 is 0 Å². The molecule has 0 aliphatic heterocycles. The summed E-state index contributed by atoms with van der Waals surface area (Å²) < 4.78 is 0. The smallest absolute Gasteiger partial charge is 0.251 e. The van der Waals surface area contributed by atoms with Crippen LogP contribution in [0.2, 0.25) is 5.02 Å². The third kappa shape index (κ3) is 4.61. The Hall–Kier alpha value is -1.26. The van der Waals surface area contributed by atoms with E-state index < -0.39 is 0 Å². The van der Waals surface area contributed by atoms with E-state index in [0.717, 1.165) is 19.0 Å². The Morgan fingerprint density at radius 3 is 2.81 bits per heavy atom. The lowest BCUT2D eigenvalue weighted by molar-refractivity contribution is 0.0951. The fraction of sp³-hybridized carbons (Fsp3) is 0.562. The van der Waals surface area contributed by atoms with Crippen molar-refractivity contribution in [3.8, 4) is 5.75 Å². The lowest BCUT2D eigenvalue weighted by Gasteiger charge is -2.23. The van der Waals surface area contributed by atoms with Gasteiger partial charge in [0.05, 0.1) is 5.02 Å². The van der Waals surface area contributed by atoms with Crippen LogP contribution in [0.15, 0.2) is 18.2 Å². The minimum atomic E-state index is -0.152. The first kappa shape index (κ1) is 16.1. The van der Waals surface area contributed by atoms with Gasteiger partial charge in [0, 0.05) is 18.2 Å². The third-order valence-corrected chi connectivity index (χ3v) is 4.43. The predicted octanol–water partition coefficient (Wildman–Crippen LogP) is 3.04. The molecule has 1 fully saturated rings. The molecule has 1 saturated carbocycles. The summed E-state index contributed by atoms with van der Waals surface area (Å²) in [4.78, 5) is 14.3. The normalized spacial score (nSPS) is 15.6. The molecule has 1 aromatic rings. The first-order chi connectivity index (χ1) is 10.1. The molecule has 1 aliphatic carbocycles. The van der Waals surface area contributed by atoms with E-state index in [1.165, 1.54) is 37.8 Å². The van der Waals surface area contributed by atoms with Crippen molar-refractivity contribution in [1.29, 1.82) is 0 Å². The SMILES string of the molecule is CN(CCCNC(=O)c1ccc(O)c(Cl)c1)C1CCCC1. The molecule has 2 N–H and O–H groups in total. The van der Waals surface area contributed by atoms with E-state index in [-0.39, 0.29) is 16.7 Å². The van der Waals surface area contributed by atoms with E-state index >= 15 is 0 Å². The Labute approximate surface area is 131 Å². The number of phenolic OH excluding ortho intramolecular Hbond substituents is 1. The minimum Gasteiger partial charge on any atom is -0.506 e. The quantitative estimate of drug-likeness (QED) is 0.794. The zero-order valence-corrected chi connectivity index (χ0v) is 13.2. The van der Waals surface area contributed by atoms with E-state index in [1.54, 1.807) is 6.07 Å². The van der Waals surface area contributed by atoms with Gasteiger partial charge in [-0.3, -0.25) is 4.79 Å². The highest BCUT2D eigenvalue weighted by Crippen LogP contribution is 2.23. The molecule has 0 atom stereocenters. The number of nitrogens with one attached hydrogen (secondary N) is 1. The maximum absolute atomic E-state index is 11.9. The van der Waals surface area contributed by atoms with Crippen LogP contribution in [0.5, 0.6) is 5.75 Å². The standard InChI is InChI=1S/C16H23ClN2O2/c1-19(13-5-2-3-6-13)10-4-9-18-16(21)12-7-8-15(20)14(17)11-12/h7-8,11,13,20H,2-6,9-10H2,1H3,(H,18,21). The number of rotatable bonds is 6. The topological polar surface area (TPSA) is 52.6 Å². The van der Waals surface area contributed by atoms with Crippen LogP contribution in [-0.4, -0.2) is 42.1 Å². The molecule has 2 rings (SSSR count). The maximum Gasteiger partial charge on any atom is 0.251 e. The van der Waals surface area contributed by atoms with Crippen LogP contribution in [0.4, 0.5) is 0 Å². The van der Waals surface area contributed by atoms with E-state index in [9.17, 15) is 9.90 Å². The first-order valence-electron chi connectivity index (χ1n) is 7.55. The first-order valence-corrected chi connectivity index (χ1v) is 7.92. The molecule has 1 amide bonds. The van der Waals surface area contributed by atoms with Crippen molar-refractivity contribution in [1.82, 2.24) is 10.2 Å². The molecule has 116 valence electrons. The molecule has 4 nitrogen and oxygen atoms in total. The summed E-state index contributed by atoms with van der Waals surface area (Å²) in [5.74, 6) is -0.160. The lowest BCUT2D eigenvalue weighted by atomic mass is 10.2. The van der Waals surface area contributed by atoms with Gasteiger partial charge < -0.3 is 15.3 Å². The second-order valence-electron chi connectivity index (χ2n) is 5.69. The van der Waals surface area contributed by atoms with E-state index in [2.05, 4.69) is 17.3 Å². The molecule has 1 aromatic carbocycles. The Balaban J connectivity index is 1.70. The van der Waals surface area contributed by atoms with E-state index in [4.69, 9.17) is 11.6 Å². The number of hydrogen-bond acceptors (Lipinski definition) is 3. The second-order valence-corrected chi connectivity index (χ2v) is 6.10. The number of hydrogen-bond donors (Lipinski definition) is 2. The van der Waals surface area contributed by atoms with Gasteiger partial charge in [0.1, 0.15) is 5.75 Å². The lowest BCUT2D eigenvalue weighted by Crippen LogP contribution is -2.33. The highest BCUT2D eigenvalue weighted by atomic mass is 35.5. The predicted molar refractivity (Wildman–Crippen MR) is 85.0 cm³/mol. The highest BCUT2D eigenvalue weighted by Gasteiger charge is 2.18. The zero-order chi connectivity index (χ0) is 15.2. The van der Waals surface area contributed by atoms with Gasteiger partial charge in [-0.15, -0.1) is 0 Å². The number of carbonyl (C=O) groups is 1. The monoisotopic (exact) mass is 310 g/mol. The van der Waals surface area contributed by atoms with Crippen molar-refractivity contribution in [2.75, 3.05) is 20.1 Å². The molecule has 0 aromatic heterocycles. The van der Waals surface area contributed by atoms with Crippen LogP contribution >= 0.6 is 11.6 Å². The summed E-state index contributed by atoms with van der Waals surface area (Å²) >= 11 is 5.80. The van der Waals surface area contributed by atoms with Crippen LogP contribution in [0.25, 0.3) is 0 Å². The molecule has 0 heterocycles. The van der Waals surface area contributed by atoms with Crippen molar-refractivity contribution < 1.29 is 9.90 Å². The van der Waals surface area contributed by atoms with Crippen molar-refractivity contribution in [3.63, 3.8) is 0 Å². The van der Waals surface area contributed by atoms with Gasteiger partial charge in [0.15, 0.2) is 0 Å². The van der Waals surface area contributed by atoms with Gasteiger partial charge in [0.25, 0.3) is 5.91 Å². The van der Waals surface area contributed by atoms with Crippen molar-refractivity contribution in [3.05, 3.63) is 28.8 Å². The van der Waals surface area contributed by atoms with Crippen molar-refractivity contribution in [2.45, 2.75) is 38.1 Å². The van der Waals surface area contributed by atoms with Gasteiger partial charge in [0.2, 0.25) is 0 Å². The van der Waals surface area contributed by atoms with E-state index in [0.29, 0.717) is 12.1 Å². The van der Waals surface area contributed by atoms with Crippen LogP contribution in [-0.2, 0) is 0 Å². The Bertz CT molecular complexity index is 487. The maximum atomic E-state index is 11.9. The zero-order valence-electron chi connectivity index (χ0n) is 12.4. The molecule has 5 heteroatoms. The molecule has 1 aliphatic rings. The van der Waals surface area contributed by atoms with Gasteiger partial charge in [-0.1, -0.05) is 24.4 Å². The average Bonchev–Trinajstić information content (AvgIpc) is 3.00. The largest absolute Gasteiger partial charge is 0.506 e. The summed E-state index contributed by atoms with van der Waals surface area (Å²) in [6, 6.07) is 5.21. The second kappa shape index (κ2) is 7.66. The molecule has 21 heavy (non-hydrogen) atoms. The van der Waals surface area contributed by atoms with Gasteiger partial charge in [-0.25, -0.2) is 0 Å². The summed E-state index contributed by atoms with van der Waals surface area (Å²) in [7, 11) is 2.16. The Morgan fingerprint density at radius 2 is 2.14 bits per heavy atom. The van der Waals surface area contributed by atoms with Crippen LogP contribution < -0.4 is 5.32 Å². The number of benzene rings is 1. The van der Waals surface area contributed by atoms with Crippen molar-refractivity contribution >= 4 is 17.5 Å². The Kier molecular flexibility index (Phi) is 5.88. The summed E-state index contributed by atoms with van der Waals surface area (Å²) in [6.07, 6.45) is 6.22. The molecule has 0 spiro atoms. The number of halogens is 1. The molecule has 0 bridgehead atoms. The number of amides is 1. The van der Waals surface area contributed by atoms with Crippen LogP contribution in [0.1, 0.15) is 42.5 Å². The average molecular weight is 311 g/mol. The molecule has 0 saturated heterocycles. The molecule has 0 unspecified atom stereocenters. The number of phenols is 1. The Morgan fingerprint density at radius 1 is 1.43 bits per heavy atom. The fourth-order valence-electron chi connectivity index (χ4n) is 2.81. The summed E-state index contributed by atoms with van der Waals surface area (Å²) in [5, 5.41) is 12.4. The fourth-order valence-corrected chi connectivity index (χ4v) is 2.99.